The number of carbonyl (C=O) groups excluding carboxylic acids is 2. The van der Waals surface area contributed by atoms with Crippen molar-refractivity contribution >= 4 is 12.0 Å². The third-order valence-electron chi connectivity index (χ3n) is 2.31. The Labute approximate surface area is 109 Å². The summed E-state index contributed by atoms with van der Waals surface area (Å²) in [4.78, 5) is 24.7. The van der Waals surface area contributed by atoms with Crippen LogP contribution in [0.15, 0.2) is 12.2 Å². The zero-order valence-electron chi connectivity index (χ0n) is 11.9. The molecule has 0 aliphatic rings. The second-order valence-electron chi connectivity index (χ2n) is 4.74. The van der Waals surface area contributed by atoms with Gasteiger partial charge in [-0.1, -0.05) is 6.58 Å². The van der Waals surface area contributed by atoms with E-state index in [4.69, 9.17) is 4.74 Å². The van der Waals surface area contributed by atoms with Gasteiger partial charge in [-0.15, -0.1) is 0 Å². The van der Waals surface area contributed by atoms with Crippen molar-refractivity contribution in [3.8, 4) is 0 Å². The number of rotatable bonds is 6. The number of amides is 2. The van der Waals surface area contributed by atoms with E-state index < -0.39 is 5.97 Å². The van der Waals surface area contributed by atoms with E-state index >= 15 is 0 Å². The Hall–Kier alpha value is -1.52. The summed E-state index contributed by atoms with van der Waals surface area (Å²) in [5.41, 5.74) is 0.354. The van der Waals surface area contributed by atoms with E-state index in [-0.39, 0.29) is 24.7 Å². The first kappa shape index (κ1) is 16.5. The van der Waals surface area contributed by atoms with Gasteiger partial charge in [0.2, 0.25) is 0 Å². The molecule has 0 aromatic carbocycles. The normalized spacial score (nSPS) is 10.4. The first-order chi connectivity index (χ1) is 8.27. The fourth-order valence-electron chi connectivity index (χ4n) is 1.58. The summed E-state index contributed by atoms with van der Waals surface area (Å²) < 4.78 is 4.88. The number of esters is 1. The highest BCUT2D eigenvalue weighted by atomic mass is 16.5. The van der Waals surface area contributed by atoms with Crippen molar-refractivity contribution in [1.29, 1.82) is 0 Å². The molecule has 0 atom stereocenters. The number of carbonyl (C=O) groups is 2. The highest BCUT2D eigenvalue weighted by Gasteiger charge is 2.19. The van der Waals surface area contributed by atoms with Gasteiger partial charge in [0.25, 0.3) is 0 Å². The first-order valence-electron chi connectivity index (χ1n) is 6.16. The van der Waals surface area contributed by atoms with Gasteiger partial charge in [-0.3, -0.25) is 0 Å². The van der Waals surface area contributed by atoms with E-state index in [2.05, 4.69) is 11.9 Å². The van der Waals surface area contributed by atoms with Crippen LogP contribution in [0, 0.1) is 0 Å². The van der Waals surface area contributed by atoms with Crippen molar-refractivity contribution in [2.24, 2.45) is 0 Å². The summed E-state index contributed by atoms with van der Waals surface area (Å²) in [5.74, 6) is -0.436. The van der Waals surface area contributed by atoms with Crippen molar-refractivity contribution in [3.63, 3.8) is 0 Å². The summed E-state index contributed by atoms with van der Waals surface area (Å²) in [6.07, 6.45) is 0. The molecule has 5 heteroatoms. The fourth-order valence-corrected chi connectivity index (χ4v) is 1.58. The molecule has 0 saturated carbocycles. The van der Waals surface area contributed by atoms with Crippen LogP contribution in [0.2, 0.25) is 0 Å². The lowest BCUT2D eigenvalue weighted by Gasteiger charge is -2.30. The summed E-state index contributed by atoms with van der Waals surface area (Å²) in [7, 11) is 0. The number of hydrogen-bond acceptors (Lipinski definition) is 3. The largest absolute Gasteiger partial charge is 0.460 e. The van der Waals surface area contributed by atoms with E-state index in [0.29, 0.717) is 12.1 Å². The maximum atomic E-state index is 11.9. The molecule has 0 saturated heterocycles. The van der Waals surface area contributed by atoms with Crippen LogP contribution in [-0.4, -0.2) is 42.1 Å². The van der Waals surface area contributed by atoms with Crippen LogP contribution < -0.4 is 5.32 Å². The van der Waals surface area contributed by atoms with E-state index in [9.17, 15) is 9.59 Å². The molecule has 0 unspecified atom stereocenters. The molecular weight excluding hydrogens is 232 g/mol. The highest BCUT2D eigenvalue weighted by Crippen LogP contribution is 2.04. The lowest BCUT2D eigenvalue weighted by atomic mass is 10.2. The van der Waals surface area contributed by atoms with Gasteiger partial charge in [-0.05, 0) is 34.6 Å². The molecule has 0 spiro atoms. The van der Waals surface area contributed by atoms with Crippen LogP contribution in [0.4, 0.5) is 4.79 Å². The maximum absolute atomic E-state index is 11.9. The SMILES string of the molecule is C=C(C)C(=O)OCCNC(=O)N(C(C)C)C(C)C. The quantitative estimate of drug-likeness (QED) is 0.449. The Kier molecular flexibility index (Phi) is 7.08. The van der Waals surface area contributed by atoms with Gasteiger partial charge in [0.1, 0.15) is 6.61 Å². The summed E-state index contributed by atoms with van der Waals surface area (Å²) in [5, 5.41) is 2.72. The van der Waals surface area contributed by atoms with Crippen molar-refractivity contribution < 1.29 is 14.3 Å². The average molecular weight is 256 g/mol. The van der Waals surface area contributed by atoms with Gasteiger partial charge in [0.15, 0.2) is 0 Å². The predicted molar refractivity (Wildman–Crippen MR) is 71.3 cm³/mol. The topological polar surface area (TPSA) is 58.6 Å². The monoisotopic (exact) mass is 256 g/mol. The molecule has 0 bridgehead atoms. The third-order valence-corrected chi connectivity index (χ3v) is 2.31. The molecule has 0 heterocycles. The van der Waals surface area contributed by atoms with Crippen LogP contribution >= 0.6 is 0 Å². The molecule has 18 heavy (non-hydrogen) atoms. The Morgan fingerprint density at radius 3 is 2.11 bits per heavy atom. The van der Waals surface area contributed by atoms with E-state index in [1.165, 1.54) is 0 Å². The zero-order chi connectivity index (χ0) is 14.3. The van der Waals surface area contributed by atoms with Crippen molar-refractivity contribution in [2.45, 2.75) is 46.7 Å². The van der Waals surface area contributed by atoms with Crippen LogP contribution in [0.5, 0.6) is 0 Å². The zero-order valence-corrected chi connectivity index (χ0v) is 11.9. The standard InChI is InChI=1S/C13H24N2O3/c1-9(2)12(16)18-8-7-14-13(17)15(10(3)4)11(5)6/h10-11H,1,7-8H2,2-6H3,(H,14,17). The minimum atomic E-state index is -0.436. The van der Waals surface area contributed by atoms with Crippen LogP contribution in [-0.2, 0) is 9.53 Å². The third kappa shape index (κ3) is 5.70. The van der Waals surface area contributed by atoms with Crippen LogP contribution in [0.3, 0.4) is 0 Å². The molecule has 0 aromatic rings. The molecule has 5 nitrogen and oxygen atoms in total. The highest BCUT2D eigenvalue weighted by molar-refractivity contribution is 5.86. The molecule has 0 aliphatic carbocycles. The van der Waals surface area contributed by atoms with Gasteiger partial charge < -0.3 is 15.0 Å². The maximum Gasteiger partial charge on any atom is 0.333 e. The number of urea groups is 1. The first-order valence-corrected chi connectivity index (χ1v) is 6.16. The van der Waals surface area contributed by atoms with Crippen LogP contribution in [0.1, 0.15) is 34.6 Å². The smallest absolute Gasteiger partial charge is 0.333 e. The van der Waals surface area contributed by atoms with E-state index in [1.54, 1.807) is 11.8 Å². The van der Waals surface area contributed by atoms with E-state index in [0.717, 1.165) is 0 Å². The van der Waals surface area contributed by atoms with Gasteiger partial charge >= 0.3 is 12.0 Å². The molecular formula is C13H24N2O3. The second-order valence-corrected chi connectivity index (χ2v) is 4.74. The Morgan fingerprint density at radius 1 is 1.22 bits per heavy atom. The van der Waals surface area contributed by atoms with Gasteiger partial charge in [-0.25, -0.2) is 9.59 Å². The molecule has 1 N–H and O–H groups in total. The van der Waals surface area contributed by atoms with Gasteiger partial charge in [0.05, 0.1) is 6.54 Å². The average Bonchev–Trinajstić information content (AvgIpc) is 2.22. The molecule has 104 valence electrons. The van der Waals surface area contributed by atoms with Gasteiger partial charge in [-0.2, -0.15) is 0 Å². The van der Waals surface area contributed by atoms with Crippen molar-refractivity contribution in [3.05, 3.63) is 12.2 Å². The Balaban J connectivity index is 4.03. The number of nitrogens with one attached hydrogen (secondary N) is 1. The number of nitrogens with zero attached hydrogens (tertiary/aromatic N) is 1. The summed E-state index contributed by atoms with van der Waals surface area (Å²) in [6.45, 7) is 13.3. The minimum Gasteiger partial charge on any atom is -0.460 e. The lowest BCUT2D eigenvalue weighted by Crippen LogP contribution is -2.48. The second kappa shape index (κ2) is 7.74. The summed E-state index contributed by atoms with van der Waals surface area (Å²) >= 11 is 0. The Morgan fingerprint density at radius 2 is 1.72 bits per heavy atom. The number of hydrogen-bond donors (Lipinski definition) is 1. The minimum absolute atomic E-state index is 0.128. The molecule has 0 radical (unpaired) electrons. The molecule has 0 aromatic heterocycles. The molecule has 0 aliphatic heterocycles. The van der Waals surface area contributed by atoms with Crippen molar-refractivity contribution in [1.82, 2.24) is 10.2 Å². The summed E-state index contributed by atoms with van der Waals surface area (Å²) in [6, 6.07) is 0.109. The van der Waals surface area contributed by atoms with E-state index in [1.807, 2.05) is 27.7 Å². The molecule has 0 rings (SSSR count). The Bertz CT molecular complexity index is 303. The predicted octanol–water partition coefficient (Wildman–Crippen LogP) is 1.93. The fraction of sp³-hybridized carbons (Fsp3) is 0.692. The molecule has 0 fully saturated rings. The van der Waals surface area contributed by atoms with Crippen molar-refractivity contribution in [2.75, 3.05) is 13.2 Å². The van der Waals surface area contributed by atoms with Gasteiger partial charge in [0, 0.05) is 17.7 Å². The van der Waals surface area contributed by atoms with Crippen LogP contribution in [0.25, 0.3) is 0 Å². The lowest BCUT2D eigenvalue weighted by molar-refractivity contribution is -0.138. The number of ether oxygens (including phenoxy) is 1. The molecule has 2 amide bonds.